The highest BCUT2D eigenvalue weighted by Crippen LogP contribution is 2.40. The molecule has 1 aliphatic rings. The van der Waals surface area contributed by atoms with E-state index < -0.39 is 0 Å². The van der Waals surface area contributed by atoms with E-state index in [0.717, 1.165) is 10.8 Å². The second-order valence-corrected chi connectivity index (χ2v) is 6.11. The van der Waals surface area contributed by atoms with Gasteiger partial charge in [0.25, 0.3) is 0 Å². The van der Waals surface area contributed by atoms with Gasteiger partial charge in [0.05, 0.1) is 11.7 Å². The van der Waals surface area contributed by atoms with Crippen LogP contribution in [0.15, 0.2) is 11.4 Å². The molecule has 78 valence electrons. The average molecular weight is 322 g/mol. The van der Waals surface area contributed by atoms with Crippen LogP contribution in [0.3, 0.4) is 0 Å². The Hall–Kier alpha value is 0.390. The molecule has 1 fully saturated rings. The van der Waals surface area contributed by atoms with Crippen molar-refractivity contribution in [2.45, 2.75) is 38.4 Å². The molecule has 3 heteroatoms. The van der Waals surface area contributed by atoms with Crippen molar-refractivity contribution in [2.24, 2.45) is 0 Å². The number of thiophene rings is 1. The minimum absolute atomic E-state index is 0.0133. The van der Waals surface area contributed by atoms with Crippen LogP contribution in [0.5, 0.6) is 0 Å². The van der Waals surface area contributed by atoms with Gasteiger partial charge in [0.15, 0.2) is 0 Å². The normalized spacial score (nSPS) is 32.4. The van der Waals surface area contributed by atoms with Crippen molar-refractivity contribution in [3.05, 3.63) is 21.9 Å². The molecule has 1 aromatic rings. The summed E-state index contributed by atoms with van der Waals surface area (Å²) in [6.07, 6.45) is 2.83. The summed E-state index contributed by atoms with van der Waals surface area (Å²) < 4.78 is 7.20. The van der Waals surface area contributed by atoms with Gasteiger partial charge in [-0.25, -0.2) is 0 Å². The van der Waals surface area contributed by atoms with Crippen molar-refractivity contribution in [2.75, 3.05) is 4.43 Å². The number of hydrogen-bond acceptors (Lipinski definition) is 2. The van der Waals surface area contributed by atoms with Crippen LogP contribution in [0, 0.1) is 6.92 Å². The summed E-state index contributed by atoms with van der Waals surface area (Å²) >= 11 is 4.23. The Morgan fingerprint density at radius 2 is 2.50 bits per heavy atom. The number of alkyl halides is 1. The Labute approximate surface area is 103 Å². The number of aryl methyl sites for hydroxylation is 1. The molecule has 1 aliphatic heterocycles. The molecule has 1 nitrogen and oxygen atoms in total. The van der Waals surface area contributed by atoms with Crippen LogP contribution in [0.1, 0.15) is 30.2 Å². The van der Waals surface area contributed by atoms with E-state index in [1.165, 1.54) is 16.9 Å². The standard InChI is InChI=1S/C11H15IOS/c1-8-5-9(7-14-8)11(2)4-3-10(6-12)13-11/h5,7,10H,3-4,6H2,1-2H3. The molecule has 2 unspecified atom stereocenters. The molecule has 0 aliphatic carbocycles. The maximum Gasteiger partial charge on any atom is 0.0916 e. The molecule has 14 heavy (non-hydrogen) atoms. The number of hydrogen-bond donors (Lipinski definition) is 0. The molecule has 2 rings (SSSR count). The molecule has 0 saturated carbocycles. The van der Waals surface area contributed by atoms with Crippen molar-refractivity contribution >= 4 is 33.9 Å². The topological polar surface area (TPSA) is 9.23 Å². The average Bonchev–Trinajstić information content (AvgIpc) is 2.73. The highest BCUT2D eigenvalue weighted by Gasteiger charge is 2.37. The molecule has 1 aromatic heterocycles. The second kappa shape index (κ2) is 4.10. The lowest BCUT2D eigenvalue weighted by Gasteiger charge is -2.23. The van der Waals surface area contributed by atoms with Gasteiger partial charge in [-0.2, -0.15) is 0 Å². The third kappa shape index (κ3) is 1.99. The van der Waals surface area contributed by atoms with Crippen molar-refractivity contribution in [1.29, 1.82) is 0 Å². The first kappa shape index (κ1) is 10.9. The lowest BCUT2D eigenvalue weighted by atomic mass is 9.95. The molecule has 0 aromatic carbocycles. The van der Waals surface area contributed by atoms with Gasteiger partial charge < -0.3 is 4.74 Å². The van der Waals surface area contributed by atoms with Crippen LogP contribution in [0.2, 0.25) is 0 Å². The van der Waals surface area contributed by atoms with Gasteiger partial charge >= 0.3 is 0 Å². The van der Waals surface area contributed by atoms with E-state index in [9.17, 15) is 0 Å². The summed E-state index contributed by atoms with van der Waals surface area (Å²) in [6.45, 7) is 4.38. The van der Waals surface area contributed by atoms with E-state index in [-0.39, 0.29) is 5.60 Å². The molecule has 0 amide bonds. The van der Waals surface area contributed by atoms with E-state index >= 15 is 0 Å². The molecule has 1 saturated heterocycles. The number of halogens is 1. The molecular weight excluding hydrogens is 307 g/mol. The monoisotopic (exact) mass is 322 g/mol. The van der Waals surface area contributed by atoms with Crippen LogP contribution >= 0.6 is 33.9 Å². The lowest BCUT2D eigenvalue weighted by molar-refractivity contribution is -0.0211. The molecule has 0 spiro atoms. The Bertz CT molecular complexity index is 323. The molecule has 0 bridgehead atoms. The van der Waals surface area contributed by atoms with Gasteiger partial charge in [0, 0.05) is 9.30 Å². The molecule has 2 atom stereocenters. The predicted octanol–water partition coefficient (Wildman–Crippen LogP) is 3.89. The zero-order chi connectivity index (χ0) is 10.2. The van der Waals surface area contributed by atoms with Crippen molar-refractivity contribution in [3.8, 4) is 0 Å². The Morgan fingerprint density at radius 1 is 1.71 bits per heavy atom. The SMILES string of the molecule is Cc1cc(C2(C)CCC(CI)O2)cs1. The summed E-state index contributed by atoms with van der Waals surface area (Å²) in [5.74, 6) is 0. The minimum atomic E-state index is -0.0133. The van der Waals surface area contributed by atoms with Gasteiger partial charge in [0.1, 0.15) is 0 Å². The second-order valence-electron chi connectivity index (χ2n) is 4.11. The first-order valence-electron chi connectivity index (χ1n) is 4.93. The van der Waals surface area contributed by atoms with Gasteiger partial charge in [-0.05, 0) is 43.7 Å². The predicted molar refractivity (Wildman–Crippen MR) is 69.4 cm³/mol. The third-order valence-electron chi connectivity index (χ3n) is 2.88. The summed E-state index contributed by atoms with van der Waals surface area (Å²) in [5.41, 5.74) is 1.35. The first-order chi connectivity index (χ1) is 6.64. The van der Waals surface area contributed by atoms with Crippen LogP contribution in [0.25, 0.3) is 0 Å². The van der Waals surface area contributed by atoms with Crippen LogP contribution < -0.4 is 0 Å². The Balaban J connectivity index is 2.18. The fourth-order valence-electron chi connectivity index (χ4n) is 1.96. The maximum atomic E-state index is 6.10. The Kier molecular flexibility index (Phi) is 3.19. The van der Waals surface area contributed by atoms with E-state index in [4.69, 9.17) is 4.74 Å². The van der Waals surface area contributed by atoms with E-state index in [0.29, 0.717) is 6.10 Å². The fraction of sp³-hybridized carbons (Fsp3) is 0.636. The van der Waals surface area contributed by atoms with Crippen LogP contribution in [-0.4, -0.2) is 10.5 Å². The van der Waals surface area contributed by atoms with Crippen molar-refractivity contribution in [3.63, 3.8) is 0 Å². The highest BCUT2D eigenvalue weighted by molar-refractivity contribution is 14.1. The van der Waals surface area contributed by atoms with Gasteiger partial charge in [-0.3, -0.25) is 0 Å². The minimum Gasteiger partial charge on any atom is -0.367 e. The fourth-order valence-corrected chi connectivity index (χ4v) is 3.41. The summed E-state index contributed by atoms with van der Waals surface area (Å²) in [6, 6.07) is 2.26. The maximum absolute atomic E-state index is 6.10. The first-order valence-corrected chi connectivity index (χ1v) is 7.34. The van der Waals surface area contributed by atoms with E-state index in [1.54, 1.807) is 0 Å². The summed E-state index contributed by atoms with van der Waals surface area (Å²) in [5, 5.41) is 2.24. The summed E-state index contributed by atoms with van der Waals surface area (Å²) in [7, 11) is 0. The van der Waals surface area contributed by atoms with Crippen LogP contribution in [-0.2, 0) is 10.3 Å². The Morgan fingerprint density at radius 3 is 3.00 bits per heavy atom. The van der Waals surface area contributed by atoms with Crippen molar-refractivity contribution in [1.82, 2.24) is 0 Å². The largest absolute Gasteiger partial charge is 0.367 e. The molecule has 0 radical (unpaired) electrons. The van der Waals surface area contributed by atoms with Crippen LogP contribution in [0.4, 0.5) is 0 Å². The summed E-state index contributed by atoms with van der Waals surface area (Å²) in [4.78, 5) is 1.38. The zero-order valence-electron chi connectivity index (χ0n) is 8.55. The van der Waals surface area contributed by atoms with Gasteiger partial charge in [0.2, 0.25) is 0 Å². The van der Waals surface area contributed by atoms with Gasteiger partial charge in [-0.15, -0.1) is 11.3 Å². The smallest absolute Gasteiger partial charge is 0.0916 e. The number of rotatable bonds is 2. The lowest BCUT2D eigenvalue weighted by Crippen LogP contribution is -2.22. The zero-order valence-corrected chi connectivity index (χ0v) is 11.5. The van der Waals surface area contributed by atoms with Crippen molar-refractivity contribution < 1.29 is 4.74 Å². The quantitative estimate of drug-likeness (QED) is 0.593. The third-order valence-corrected chi connectivity index (χ3v) is 4.73. The highest BCUT2D eigenvalue weighted by atomic mass is 127. The molecular formula is C11H15IOS. The number of ether oxygens (including phenoxy) is 1. The molecule has 2 heterocycles. The van der Waals surface area contributed by atoms with E-state index in [2.05, 4.69) is 47.9 Å². The molecule has 0 N–H and O–H groups in total. The van der Waals surface area contributed by atoms with Gasteiger partial charge in [-0.1, -0.05) is 22.6 Å². The van der Waals surface area contributed by atoms with E-state index in [1.807, 2.05) is 11.3 Å².